The molecule has 3 aromatic carbocycles. The quantitative estimate of drug-likeness (QED) is 0.117. The second kappa shape index (κ2) is 19.4. The Labute approximate surface area is 248 Å². The highest BCUT2D eigenvalue weighted by atomic mass is 19.2. The van der Waals surface area contributed by atoms with Crippen LogP contribution in [0.2, 0.25) is 0 Å². The maximum absolute atomic E-state index is 15.0. The van der Waals surface area contributed by atoms with Gasteiger partial charge in [-0.2, -0.15) is 0 Å². The molecule has 1 nitrogen and oxygen atoms in total. The topological polar surface area (TPSA) is 9.23 Å². The zero-order chi connectivity index (χ0) is 29.1. The molecule has 0 N–H and O–H groups in total. The van der Waals surface area contributed by atoms with E-state index in [-0.39, 0.29) is 0 Å². The molecule has 0 saturated heterocycles. The molecule has 0 spiro atoms. The number of aryl methyl sites for hydroxylation is 1. The van der Waals surface area contributed by atoms with Gasteiger partial charge >= 0.3 is 0 Å². The molecular weight excluding hydrogens is 510 g/mol. The minimum absolute atomic E-state index is 0.316. The van der Waals surface area contributed by atoms with Crippen molar-refractivity contribution in [3.8, 4) is 28.0 Å². The van der Waals surface area contributed by atoms with Crippen LogP contribution in [0.5, 0.6) is 5.75 Å². The largest absolute Gasteiger partial charge is 0.494 e. The Morgan fingerprint density at radius 1 is 0.463 bits per heavy atom. The van der Waals surface area contributed by atoms with Gasteiger partial charge in [0.1, 0.15) is 5.75 Å². The fourth-order valence-electron chi connectivity index (χ4n) is 5.47. The van der Waals surface area contributed by atoms with Crippen molar-refractivity contribution in [2.75, 3.05) is 6.61 Å². The number of unbranched alkanes of at least 4 members (excludes halogenated alkanes) is 14. The Balaban J connectivity index is 1.42. The second-order valence-electron chi connectivity index (χ2n) is 11.6. The lowest BCUT2D eigenvalue weighted by Crippen LogP contribution is -1.98. The van der Waals surface area contributed by atoms with Gasteiger partial charge in [-0.25, -0.2) is 8.78 Å². The van der Waals surface area contributed by atoms with Crippen LogP contribution >= 0.6 is 0 Å². The lowest BCUT2D eigenvalue weighted by Gasteiger charge is -2.10. The van der Waals surface area contributed by atoms with Gasteiger partial charge in [0.25, 0.3) is 0 Å². The van der Waals surface area contributed by atoms with Crippen molar-refractivity contribution >= 4 is 0 Å². The minimum Gasteiger partial charge on any atom is -0.494 e. The molecule has 0 amide bonds. The number of ether oxygens (including phenoxy) is 1. The van der Waals surface area contributed by atoms with Crippen LogP contribution in [-0.4, -0.2) is 6.61 Å². The lowest BCUT2D eigenvalue weighted by atomic mass is 9.97. The summed E-state index contributed by atoms with van der Waals surface area (Å²) in [5, 5.41) is 0. The molecule has 0 aromatic heterocycles. The Morgan fingerprint density at radius 3 is 1.49 bits per heavy atom. The van der Waals surface area contributed by atoms with Gasteiger partial charge in [0.2, 0.25) is 0 Å². The molecule has 0 atom stereocenters. The first kappa shape index (κ1) is 32.8. The fourth-order valence-corrected chi connectivity index (χ4v) is 5.47. The van der Waals surface area contributed by atoms with E-state index >= 15 is 0 Å². The summed E-state index contributed by atoms with van der Waals surface area (Å²) in [4.78, 5) is 0. The number of hydrogen-bond acceptors (Lipinski definition) is 1. The van der Waals surface area contributed by atoms with Crippen LogP contribution in [0.15, 0.2) is 60.7 Å². The van der Waals surface area contributed by atoms with E-state index in [9.17, 15) is 8.78 Å². The van der Waals surface area contributed by atoms with Gasteiger partial charge < -0.3 is 4.74 Å². The zero-order valence-corrected chi connectivity index (χ0v) is 25.7. The van der Waals surface area contributed by atoms with Crippen molar-refractivity contribution in [1.82, 2.24) is 0 Å². The first-order valence-electron chi connectivity index (χ1n) is 16.4. The van der Waals surface area contributed by atoms with Crippen molar-refractivity contribution in [1.29, 1.82) is 0 Å². The summed E-state index contributed by atoms with van der Waals surface area (Å²) in [5.74, 6) is -0.557. The average molecular weight is 563 g/mol. The Hall–Kier alpha value is -2.68. The van der Waals surface area contributed by atoms with Gasteiger partial charge in [-0.05, 0) is 53.6 Å². The number of benzene rings is 3. The molecule has 0 aliphatic rings. The van der Waals surface area contributed by atoms with Crippen LogP contribution < -0.4 is 4.74 Å². The van der Waals surface area contributed by atoms with E-state index in [1.807, 2.05) is 36.4 Å². The molecule has 224 valence electrons. The highest BCUT2D eigenvalue weighted by Gasteiger charge is 2.15. The minimum atomic E-state index is -0.745. The molecule has 3 rings (SSSR count). The molecule has 0 radical (unpaired) electrons. The van der Waals surface area contributed by atoms with Crippen LogP contribution in [0.1, 0.15) is 122 Å². The molecule has 0 aliphatic carbocycles. The van der Waals surface area contributed by atoms with Gasteiger partial charge in [-0.3, -0.25) is 0 Å². The highest BCUT2D eigenvalue weighted by Crippen LogP contribution is 2.30. The Bertz CT molecular complexity index is 1100. The maximum Gasteiger partial charge on any atom is 0.166 e. The van der Waals surface area contributed by atoms with E-state index in [4.69, 9.17) is 4.74 Å². The van der Waals surface area contributed by atoms with Gasteiger partial charge in [0.15, 0.2) is 11.6 Å². The molecule has 41 heavy (non-hydrogen) atoms. The summed E-state index contributed by atoms with van der Waals surface area (Å²) in [7, 11) is 0. The maximum atomic E-state index is 15.0. The molecule has 0 saturated carbocycles. The molecule has 3 heteroatoms. The number of rotatable bonds is 21. The van der Waals surface area contributed by atoms with E-state index in [1.54, 1.807) is 12.1 Å². The molecule has 0 heterocycles. The Kier molecular flexibility index (Phi) is 15.6. The van der Waals surface area contributed by atoms with Crippen molar-refractivity contribution in [3.63, 3.8) is 0 Å². The predicted octanol–water partition coefficient (Wildman–Crippen LogP) is 12.5. The lowest BCUT2D eigenvalue weighted by molar-refractivity contribution is 0.304. The number of hydrogen-bond donors (Lipinski definition) is 0. The third-order valence-corrected chi connectivity index (χ3v) is 8.11. The van der Waals surface area contributed by atoms with E-state index in [1.165, 1.54) is 77.0 Å². The number of halogens is 2. The molecule has 3 aromatic rings. The molecular formula is C38H52F2O. The van der Waals surface area contributed by atoms with E-state index < -0.39 is 11.6 Å². The van der Waals surface area contributed by atoms with Crippen LogP contribution in [-0.2, 0) is 6.42 Å². The monoisotopic (exact) mass is 562 g/mol. The highest BCUT2D eigenvalue weighted by molar-refractivity contribution is 5.71. The van der Waals surface area contributed by atoms with Crippen LogP contribution in [0, 0.1) is 11.6 Å². The first-order valence-corrected chi connectivity index (χ1v) is 16.4. The predicted molar refractivity (Wildman–Crippen MR) is 172 cm³/mol. The standard InChI is InChI=1S/C38H52F2O/c1-3-5-7-9-11-12-13-14-16-18-30-41-35-27-24-32(25-28-35)31-20-22-33(23-21-31)36-29-26-34(37(39)38(36)40)19-17-15-10-8-6-4-2/h20-29H,3-19,30H2,1-2H3. The van der Waals surface area contributed by atoms with Crippen molar-refractivity contribution in [2.24, 2.45) is 0 Å². The summed E-state index contributed by atoms with van der Waals surface area (Å²) < 4.78 is 35.7. The smallest absolute Gasteiger partial charge is 0.166 e. The van der Waals surface area contributed by atoms with E-state index in [0.717, 1.165) is 49.2 Å². The summed E-state index contributed by atoms with van der Waals surface area (Å²) in [6.07, 6.45) is 20.6. The van der Waals surface area contributed by atoms with Crippen molar-refractivity contribution in [2.45, 2.75) is 123 Å². The van der Waals surface area contributed by atoms with Gasteiger partial charge in [0.05, 0.1) is 6.61 Å². The summed E-state index contributed by atoms with van der Waals surface area (Å²) in [6, 6.07) is 19.3. The third kappa shape index (κ3) is 11.6. The fraction of sp³-hybridized carbons (Fsp3) is 0.526. The van der Waals surface area contributed by atoms with E-state index in [0.29, 0.717) is 23.1 Å². The first-order chi connectivity index (χ1) is 20.1. The van der Waals surface area contributed by atoms with Gasteiger partial charge in [-0.1, -0.05) is 152 Å². The zero-order valence-electron chi connectivity index (χ0n) is 25.7. The molecule has 0 fully saturated rings. The van der Waals surface area contributed by atoms with Crippen LogP contribution in [0.3, 0.4) is 0 Å². The third-order valence-electron chi connectivity index (χ3n) is 8.11. The Morgan fingerprint density at radius 2 is 0.927 bits per heavy atom. The van der Waals surface area contributed by atoms with E-state index in [2.05, 4.69) is 26.0 Å². The van der Waals surface area contributed by atoms with Crippen LogP contribution in [0.4, 0.5) is 8.78 Å². The average Bonchev–Trinajstić information content (AvgIpc) is 3.00. The molecule has 0 unspecified atom stereocenters. The summed E-state index contributed by atoms with van der Waals surface area (Å²) in [6.45, 7) is 5.21. The van der Waals surface area contributed by atoms with Crippen molar-refractivity contribution in [3.05, 3.63) is 77.9 Å². The van der Waals surface area contributed by atoms with Gasteiger partial charge in [-0.15, -0.1) is 0 Å². The normalized spacial score (nSPS) is 11.2. The second-order valence-corrected chi connectivity index (χ2v) is 11.6. The summed E-state index contributed by atoms with van der Waals surface area (Å²) >= 11 is 0. The molecule has 0 aliphatic heterocycles. The van der Waals surface area contributed by atoms with Crippen LogP contribution in [0.25, 0.3) is 22.3 Å². The SMILES string of the molecule is CCCCCCCCCCCCOc1ccc(-c2ccc(-c3ccc(CCCCCCCC)c(F)c3F)cc2)cc1. The van der Waals surface area contributed by atoms with Crippen molar-refractivity contribution < 1.29 is 13.5 Å². The van der Waals surface area contributed by atoms with Gasteiger partial charge in [0, 0.05) is 5.56 Å². The molecule has 0 bridgehead atoms. The summed E-state index contributed by atoms with van der Waals surface area (Å²) in [5.41, 5.74) is 3.59.